The zero-order valence-electron chi connectivity index (χ0n) is 17.9. The number of rotatable bonds is 4. The molecule has 2 aliphatic rings. The minimum atomic E-state index is -4.74. The van der Waals surface area contributed by atoms with Crippen LogP contribution in [0.25, 0.3) is 11.4 Å². The fourth-order valence-corrected chi connectivity index (χ4v) is 3.91. The number of nitriles is 1. The molecule has 2 fully saturated rings. The number of carbonyl (C=O) groups is 2. The Morgan fingerprint density at radius 3 is 2.65 bits per heavy atom. The van der Waals surface area contributed by atoms with Crippen LogP contribution in [0, 0.1) is 11.3 Å². The van der Waals surface area contributed by atoms with E-state index in [-0.39, 0.29) is 36.1 Å². The molecule has 1 aromatic heterocycles. The lowest BCUT2D eigenvalue weighted by atomic mass is 10.1. The number of alkyl halides is 3. The Hall–Kier alpha value is -3.66. The Bertz CT molecular complexity index is 1080. The largest absolute Gasteiger partial charge is 0.471 e. The van der Waals surface area contributed by atoms with Crippen LogP contribution < -0.4 is 5.32 Å². The Morgan fingerprint density at radius 1 is 1.21 bits per heavy atom. The first-order valence-electron chi connectivity index (χ1n) is 10.6. The Morgan fingerprint density at radius 2 is 1.97 bits per heavy atom. The first-order valence-corrected chi connectivity index (χ1v) is 10.6. The molecule has 0 unspecified atom stereocenters. The van der Waals surface area contributed by atoms with Crippen molar-refractivity contribution in [2.45, 2.75) is 31.1 Å². The van der Waals surface area contributed by atoms with Gasteiger partial charge >= 0.3 is 18.1 Å². The number of hydrogen-bond donors (Lipinski definition) is 1. The van der Waals surface area contributed by atoms with Crippen LogP contribution >= 0.6 is 0 Å². The molecule has 0 spiro atoms. The molecule has 13 heteroatoms. The van der Waals surface area contributed by atoms with Gasteiger partial charge in [0.15, 0.2) is 0 Å². The summed E-state index contributed by atoms with van der Waals surface area (Å²) >= 11 is 0. The lowest BCUT2D eigenvalue weighted by Gasteiger charge is -2.38. The predicted molar refractivity (Wildman–Crippen MR) is 109 cm³/mol. The van der Waals surface area contributed by atoms with Crippen molar-refractivity contribution in [2.24, 2.45) is 0 Å². The summed E-state index contributed by atoms with van der Waals surface area (Å²) in [6, 6.07) is 6.74. The summed E-state index contributed by atoms with van der Waals surface area (Å²) in [7, 11) is 0. The SMILES string of the molecule is N#C[C@H]1CCCN1C(=O)N1CCOC[C@@H]1CNC(=O)c1ccc(-c2noc(C(F)(F)F)n2)cc1. The highest BCUT2D eigenvalue weighted by Gasteiger charge is 2.39. The third-order valence-corrected chi connectivity index (χ3v) is 5.69. The molecular weight excluding hydrogens is 457 g/mol. The van der Waals surface area contributed by atoms with Gasteiger partial charge in [0, 0.05) is 30.8 Å². The van der Waals surface area contributed by atoms with E-state index in [9.17, 15) is 28.0 Å². The van der Waals surface area contributed by atoms with Crippen LogP contribution in [-0.2, 0) is 10.9 Å². The first kappa shape index (κ1) is 23.5. The second kappa shape index (κ2) is 9.68. The fourth-order valence-electron chi connectivity index (χ4n) is 3.91. The van der Waals surface area contributed by atoms with Gasteiger partial charge < -0.3 is 24.4 Å². The maximum atomic E-state index is 13.0. The van der Waals surface area contributed by atoms with E-state index < -0.39 is 30.1 Å². The van der Waals surface area contributed by atoms with Gasteiger partial charge in [0.2, 0.25) is 5.82 Å². The summed E-state index contributed by atoms with van der Waals surface area (Å²) in [5.74, 6) is -2.12. The topological polar surface area (TPSA) is 125 Å². The average Bonchev–Trinajstić information content (AvgIpc) is 3.52. The van der Waals surface area contributed by atoms with Gasteiger partial charge in [-0.2, -0.15) is 23.4 Å². The molecule has 3 heterocycles. The van der Waals surface area contributed by atoms with Crippen LogP contribution in [0.2, 0.25) is 0 Å². The van der Waals surface area contributed by atoms with Gasteiger partial charge in [0.25, 0.3) is 5.91 Å². The molecule has 2 saturated heterocycles. The third kappa shape index (κ3) is 4.96. The van der Waals surface area contributed by atoms with Crippen molar-refractivity contribution in [3.63, 3.8) is 0 Å². The zero-order valence-corrected chi connectivity index (χ0v) is 17.9. The van der Waals surface area contributed by atoms with Crippen LogP contribution in [0.4, 0.5) is 18.0 Å². The second-order valence-corrected chi connectivity index (χ2v) is 7.89. The lowest BCUT2D eigenvalue weighted by molar-refractivity contribution is -0.159. The molecule has 180 valence electrons. The smallest absolute Gasteiger partial charge is 0.377 e. The monoisotopic (exact) mass is 478 g/mol. The van der Waals surface area contributed by atoms with Gasteiger partial charge in [-0.1, -0.05) is 17.3 Å². The highest BCUT2D eigenvalue weighted by molar-refractivity contribution is 5.94. The molecule has 1 aromatic carbocycles. The van der Waals surface area contributed by atoms with Gasteiger partial charge in [-0.25, -0.2) is 4.79 Å². The molecule has 0 aliphatic carbocycles. The first-order chi connectivity index (χ1) is 16.3. The standard InChI is InChI=1S/C21H21F3N6O4/c22-21(23,24)19-27-17(28-34-19)13-3-5-14(6-4-13)18(31)26-11-16-12-33-9-8-30(16)20(32)29-7-1-2-15(29)10-25/h3-6,15-16H,1-2,7-9,11-12H2,(H,26,31)/t15-,16+/m1/s1. The highest BCUT2D eigenvalue weighted by atomic mass is 19.4. The third-order valence-electron chi connectivity index (χ3n) is 5.69. The quantitative estimate of drug-likeness (QED) is 0.715. The molecule has 4 rings (SSSR count). The van der Waals surface area contributed by atoms with Crippen molar-refractivity contribution in [1.29, 1.82) is 5.26 Å². The predicted octanol–water partition coefficient (Wildman–Crippen LogP) is 2.29. The normalized spacial score (nSPS) is 20.8. The number of hydrogen-bond acceptors (Lipinski definition) is 7. The van der Waals surface area contributed by atoms with Crippen LogP contribution in [0.1, 0.15) is 29.1 Å². The van der Waals surface area contributed by atoms with Gasteiger partial charge in [-0.15, -0.1) is 0 Å². The van der Waals surface area contributed by atoms with Crippen molar-refractivity contribution in [3.8, 4) is 17.5 Å². The molecule has 2 atom stereocenters. The van der Waals surface area contributed by atoms with Gasteiger partial charge in [-0.3, -0.25) is 4.79 Å². The van der Waals surface area contributed by atoms with E-state index in [1.54, 1.807) is 9.80 Å². The van der Waals surface area contributed by atoms with E-state index >= 15 is 0 Å². The van der Waals surface area contributed by atoms with Crippen molar-refractivity contribution in [1.82, 2.24) is 25.3 Å². The highest BCUT2D eigenvalue weighted by Crippen LogP contribution is 2.29. The van der Waals surface area contributed by atoms with Gasteiger partial charge in [0.05, 0.1) is 25.3 Å². The Kier molecular flexibility index (Phi) is 6.69. The second-order valence-electron chi connectivity index (χ2n) is 7.89. The number of morpholine rings is 1. The molecule has 0 radical (unpaired) electrons. The van der Waals surface area contributed by atoms with Crippen LogP contribution in [0.5, 0.6) is 0 Å². The molecule has 2 aromatic rings. The molecule has 0 saturated carbocycles. The van der Waals surface area contributed by atoms with Crippen LogP contribution in [0.3, 0.4) is 0 Å². The number of ether oxygens (including phenoxy) is 1. The van der Waals surface area contributed by atoms with E-state index in [1.807, 2.05) is 0 Å². The van der Waals surface area contributed by atoms with Crippen LogP contribution in [-0.4, -0.2) is 76.8 Å². The van der Waals surface area contributed by atoms with Crippen molar-refractivity contribution >= 4 is 11.9 Å². The molecule has 10 nitrogen and oxygen atoms in total. The van der Waals surface area contributed by atoms with Crippen molar-refractivity contribution in [3.05, 3.63) is 35.7 Å². The number of aromatic nitrogens is 2. The summed E-state index contributed by atoms with van der Waals surface area (Å²) in [6.45, 7) is 1.62. The maximum Gasteiger partial charge on any atom is 0.471 e. The van der Waals surface area contributed by atoms with Crippen molar-refractivity contribution < 1.29 is 32.0 Å². The van der Waals surface area contributed by atoms with Crippen LogP contribution in [0.15, 0.2) is 28.8 Å². The molecule has 2 aliphatic heterocycles. The molecule has 0 bridgehead atoms. The van der Waals surface area contributed by atoms with Gasteiger partial charge in [0.1, 0.15) is 6.04 Å². The van der Waals surface area contributed by atoms with Gasteiger partial charge in [-0.05, 0) is 25.0 Å². The Labute approximate surface area is 192 Å². The minimum absolute atomic E-state index is 0.136. The van der Waals surface area contributed by atoms with E-state index in [4.69, 9.17) is 4.74 Å². The number of nitrogens with one attached hydrogen (secondary N) is 1. The summed E-state index contributed by atoms with van der Waals surface area (Å²) in [5, 5.41) is 15.3. The summed E-state index contributed by atoms with van der Waals surface area (Å²) in [4.78, 5) is 32.1. The summed E-state index contributed by atoms with van der Waals surface area (Å²) < 4.78 is 47.6. The lowest BCUT2D eigenvalue weighted by Crippen LogP contribution is -2.57. The number of nitrogens with zero attached hydrogens (tertiary/aromatic N) is 5. The van der Waals surface area contributed by atoms with E-state index in [0.29, 0.717) is 26.1 Å². The summed E-state index contributed by atoms with van der Waals surface area (Å²) in [5.41, 5.74) is 0.521. The average molecular weight is 478 g/mol. The fraction of sp³-hybridized carbons (Fsp3) is 0.476. The summed E-state index contributed by atoms with van der Waals surface area (Å²) in [6.07, 6.45) is -3.33. The number of amides is 3. The van der Waals surface area contributed by atoms with Crippen molar-refractivity contribution in [2.75, 3.05) is 32.8 Å². The number of benzene rings is 1. The number of halogens is 3. The molecule has 3 amide bonds. The molecule has 1 N–H and O–H groups in total. The molecule has 34 heavy (non-hydrogen) atoms. The number of carbonyl (C=O) groups excluding carboxylic acids is 2. The zero-order chi connectivity index (χ0) is 24.3. The molecular formula is C21H21F3N6O4. The van der Waals surface area contributed by atoms with E-state index in [2.05, 4.69) is 26.0 Å². The van der Waals surface area contributed by atoms with E-state index in [1.165, 1.54) is 24.3 Å². The minimum Gasteiger partial charge on any atom is -0.377 e. The number of likely N-dealkylation sites (tertiary alicyclic amines) is 1. The van der Waals surface area contributed by atoms with E-state index in [0.717, 1.165) is 6.42 Å². The number of urea groups is 1. The maximum absolute atomic E-state index is 13.0. The Balaban J connectivity index is 1.37.